The van der Waals surface area contributed by atoms with Crippen molar-refractivity contribution in [3.8, 4) is 0 Å². The smallest absolute Gasteiger partial charge is 0.275 e. The van der Waals surface area contributed by atoms with E-state index in [1.165, 1.54) is 6.42 Å². The van der Waals surface area contributed by atoms with E-state index in [4.69, 9.17) is 0 Å². The Morgan fingerprint density at radius 3 is 2.72 bits per heavy atom. The van der Waals surface area contributed by atoms with Crippen LogP contribution in [-0.2, 0) is 11.3 Å². The zero-order valence-electron chi connectivity index (χ0n) is 19.3. The van der Waals surface area contributed by atoms with Gasteiger partial charge in [-0.15, -0.1) is 11.3 Å². The number of aryl methyl sites for hydroxylation is 2. The van der Waals surface area contributed by atoms with Crippen molar-refractivity contribution >= 4 is 39.1 Å². The molecule has 1 fully saturated rings. The van der Waals surface area contributed by atoms with Crippen molar-refractivity contribution in [1.29, 1.82) is 0 Å². The van der Waals surface area contributed by atoms with Gasteiger partial charge in [-0.05, 0) is 74.2 Å². The molecule has 0 bridgehead atoms. The summed E-state index contributed by atoms with van der Waals surface area (Å²) in [5, 5.41) is 5.40. The molecular weight excluding hydrogens is 418 g/mol. The zero-order valence-corrected chi connectivity index (χ0v) is 20.1. The summed E-state index contributed by atoms with van der Waals surface area (Å²) < 4.78 is 3.12. The number of fused-ring (bicyclic) bond motifs is 3. The number of rotatable bonds is 3. The highest BCUT2D eigenvalue weighted by atomic mass is 32.1. The second-order valence-electron chi connectivity index (χ2n) is 9.83. The number of benzene rings is 1. The number of hydrogen-bond acceptors (Lipinski definition) is 3. The molecule has 1 aliphatic carbocycles. The van der Waals surface area contributed by atoms with Gasteiger partial charge in [-0.2, -0.15) is 0 Å². The Morgan fingerprint density at radius 1 is 1.16 bits per heavy atom. The Kier molecular flexibility index (Phi) is 5.16. The van der Waals surface area contributed by atoms with Crippen LogP contribution < -0.4 is 10.2 Å². The number of carbonyl (C=O) groups is 2. The molecule has 1 aromatic carbocycles. The number of nitrogens with one attached hydrogen (secondary N) is 1. The third-order valence-corrected chi connectivity index (χ3v) is 8.28. The largest absolute Gasteiger partial charge is 0.351 e. The van der Waals surface area contributed by atoms with Crippen LogP contribution in [0.3, 0.4) is 0 Å². The predicted molar refractivity (Wildman–Crippen MR) is 131 cm³/mol. The van der Waals surface area contributed by atoms with Crippen LogP contribution in [0.2, 0.25) is 0 Å². The number of carbonyl (C=O) groups excluding carboxylic acids is 2. The molecule has 168 valence electrons. The molecule has 1 N–H and O–H groups in total. The highest BCUT2D eigenvalue weighted by Crippen LogP contribution is 2.39. The molecule has 0 saturated heterocycles. The monoisotopic (exact) mass is 449 g/mol. The van der Waals surface area contributed by atoms with Gasteiger partial charge in [0.15, 0.2) is 0 Å². The predicted octanol–water partition coefficient (Wildman–Crippen LogP) is 5.43. The Balaban J connectivity index is 1.62. The minimum Gasteiger partial charge on any atom is -0.351 e. The van der Waals surface area contributed by atoms with E-state index in [-0.39, 0.29) is 17.9 Å². The molecule has 1 saturated carbocycles. The summed E-state index contributed by atoms with van der Waals surface area (Å²) in [6, 6.07) is 10.3. The third-order valence-electron chi connectivity index (χ3n) is 7.43. The normalized spacial score (nSPS) is 25.8. The summed E-state index contributed by atoms with van der Waals surface area (Å²) in [6.07, 6.45) is 4.51. The Morgan fingerprint density at radius 2 is 1.94 bits per heavy atom. The average Bonchev–Trinajstić information content (AvgIpc) is 3.35. The van der Waals surface area contributed by atoms with Crippen LogP contribution in [0.15, 0.2) is 35.7 Å². The molecule has 32 heavy (non-hydrogen) atoms. The quantitative estimate of drug-likeness (QED) is 0.579. The van der Waals surface area contributed by atoms with Gasteiger partial charge in [-0.3, -0.25) is 14.5 Å². The van der Waals surface area contributed by atoms with Gasteiger partial charge in [-0.25, -0.2) is 0 Å². The number of anilines is 1. The lowest BCUT2D eigenvalue weighted by Gasteiger charge is -2.45. The topological polar surface area (TPSA) is 54.3 Å². The number of nitrogens with zero attached hydrogens (tertiary/aromatic N) is 2. The van der Waals surface area contributed by atoms with Gasteiger partial charge in [0.1, 0.15) is 11.2 Å². The summed E-state index contributed by atoms with van der Waals surface area (Å²) in [6.45, 7) is 8.62. The minimum absolute atomic E-state index is 0.0618. The van der Waals surface area contributed by atoms with Crippen molar-refractivity contribution < 1.29 is 9.59 Å². The highest BCUT2D eigenvalue weighted by Gasteiger charge is 2.49. The fourth-order valence-corrected chi connectivity index (χ4v) is 6.23. The first-order valence-electron chi connectivity index (χ1n) is 11.6. The Hall–Kier alpha value is -2.60. The van der Waals surface area contributed by atoms with Crippen LogP contribution in [0.25, 0.3) is 10.2 Å². The van der Waals surface area contributed by atoms with E-state index in [1.807, 2.05) is 61.1 Å². The van der Waals surface area contributed by atoms with E-state index in [9.17, 15) is 9.59 Å². The van der Waals surface area contributed by atoms with Crippen LogP contribution in [-0.4, -0.2) is 28.0 Å². The molecule has 2 aliphatic rings. The first-order chi connectivity index (χ1) is 15.3. The van der Waals surface area contributed by atoms with Crippen molar-refractivity contribution in [2.24, 2.45) is 5.92 Å². The lowest BCUT2D eigenvalue weighted by molar-refractivity contribution is -0.127. The lowest BCUT2D eigenvalue weighted by Crippen LogP contribution is -2.66. The van der Waals surface area contributed by atoms with E-state index < -0.39 is 5.54 Å². The van der Waals surface area contributed by atoms with Crippen molar-refractivity contribution in [1.82, 2.24) is 9.88 Å². The number of aromatic nitrogens is 1. The van der Waals surface area contributed by atoms with Crippen molar-refractivity contribution in [3.05, 3.63) is 52.5 Å². The van der Waals surface area contributed by atoms with Crippen LogP contribution >= 0.6 is 11.3 Å². The van der Waals surface area contributed by atoms with E-state index in [0.717, 1.165) is 46.3 Å². The van der Waals surface area contributed by atoms with Crippen LogP contribution in [0.5, 0.6) is 0 Å². The maximum absolute atomic E-state index is 14.0. The number of amides is 2. The van der Waals surface area contributed by atoms with Gasteiger partial charge in [0.25, 0.3) is 5.91 Å². The van der Waals surface area contributed by atoms with Crippen molar-refractivity contribution in [2.45, 2.75) is 71.5 Å². The van der Waals surface area contributed by atoms with E-state index in [0.29, 0.717) is 18.2 Å². The minimum atomic E-state index is -1.02. The first-order valence-corrected chi connectivity index (χ1v) is 12.5. The second kappa shape index (κ2) is 7.77. The van der Waals surface area contributed by atoms with E-state index >= 15 is 0 Å². The van der Waals surface area contributed by atoms with Crippen LogP contribution in [0, 0.1) is 19.8 Å². The van der Waals surface area contributed by atoms with Gasteiger partial charge in [0, 0.05) is 11.7 Å². The zero-order chi connectivity index (χ0) is 22.6. The number of thiophene rings is 1. The standard InChI is InChI=1S/C26H31N3O2S/c1-16-9-10-18(3)21(13-16)29-24(30)22-14-23-20(11-12-32-23)28(22)15-26(29,4)25(31)27-19-8-6-5-7-17(19)2/h9-14,17,19H,5-8,15H2,1-4H3,(H,27,31)/t17-,19-,26-/m1/s1. The summed E-state index contributed by atoms with van der Waals surface area (Å²) in [4.78, 5) is 29.7. The van der Waals surface area contributed by atoms with Crippen molar-refractivity contribution in [2.75, 3.05) is 4.90 Å². The Labute approximate surface area is 193 Å². The third kappa shape index (κ3) is 3.27. The van der Waals surface area contributed by atoms with E-state index in [1.54, 1.807) is 16.2 Å². The SMILES string of the molecule is Cc1ccc(C)c(N2C(=O)c3cc4sccc4n3C[C@]2(C)C(=O)N[C@@H]2CCCC[C@H]2C)c1. The van der Waals surface area contributed by atoms with E-state index in [2.05, 4.69) is 12.2 Å². The fourth-order valence-electron chi connectivity index (χ4n) is 5.41. The summed E-state index contributed by atoms with van der Waals surface area (Å²) in [5.41, 5.74) is 3.56. The maximum Gasteiger partial charge on any atom is 0.275 e. The Bertz CT molecular complexity index is 1210. The van der Waals surface area contributed by atoms with Gasteiger partial charge >= 0.3 is 0 Å². The lowest BCUT2D eigenvalue weighted by atomic mass is 9.84. The molecule has 0 radical (unpaired) electrons. The van der Waals surface area contributed by atoms with Gasteiger partial charge < -0.3 is 9.88 Å². The molecule has 2 amide bonds. The van der Waals surface area contributed by atoms with Gasteiger partial charge in [-0.1, -0.05) is 31.9 Å². The van der Waals surface area contributed by atoms with Crippen molar-refractivity contribution in [3.63, 3.8) is 0 Å². The average molecular weight is 450 g/mol. The summed E-state index contributed by atoms with van der Waals surface area (Å²) in [7, 11) is 0. The second-order valence-corrected chi connectivity index (χ2v) is 10.8. The molecule has 0 unspecified atom stereocenters. The molecule has 0 spiro atoms. The fraction of sp³-hybridized carbons (Fsp3) is 0.462. The molecular formula is C26H31N3O2S. The summed E-state index contributed by atoms with van der Waals surface area (Å²) >= 11 is 1.63. The molecule has 3 heterocycles. The molecule has 6 heteroatoms. The molecule has 2 aromatic heterocycles. The van der Waals surface area contributed by atoms with Crippen LogP contribution in [0.4, 0.5) is 5.69 Å². The van der Waals surface area contributed by atoms with Gasteiger partial charge in [0.05, 0.1) is 16.8 Å². The molecule has 3 atom stereocenters. The highest BCUT2D eigenvalue weighted by molar-refractivity contribution is 7.17. The maximum atomic E-state index is 14.0. The first kappa shape index (κ1) is 21.3. The molecule has 1 aliphatic heterocycles. The number of hydrogen-bond donors (Lipinski definition) is 1. The van der Waals surface area contributed by atoms with Gasteiger partial charge in [0.2, 0.25) is 5.91 Å². The molecule has 5 nitrogen and oxygen atoms in total. The molecule has 3 aromatic rings. The summed E-state index contributed by atoms with van der Waals surface area (Å²) in [5.74, 6) is 0.284. The van der Waals surface area contributed by atoms with Crippen LogP contribution in [0.1, 0.15) is 61.1 Å². The molecule has 5 rings (SSSR count).